The van der Waals surface area contributed by atoms with Crippen molar-refractivity contribution in [2.45, 2.75) is 11.4 Å². The van der Waals surface area contributed by atoms with Crippen LogP contribution in [0.25, 0.3) is 10.2 Å². The summed E-state index contributed by atoms with van der Waals surface area (Å²) in [4.78, 5) is 41.4. The standard InChI is InChI=1S/C25H21N3O7S2/c1-34-22(29)15-28-20-13-10-17(24(31)35-2)14-21(20)36-25(28)26-23(30)16-8-11-18(12-9-16)27-37(32,33)19-6-4-3-5-7-19/h3-14,27H,15H2,1-2H3. The molecule has 0 saturated carbocycles. The van der Waals surface area contributed by atoms with Crippen molar-refractivity contribution < 1.29 is 32.3 Å². The number of fused-ring (bicyclic) bond motifs is 1. The van der Waals surface area contributed by atoms with Gasteiger partial charge in [-0.3, -0.25) is 14.3 Å². The van der Waals surface area contributed by atoms with Gasteiger partial charge in [0.05, 0.1) is 34.9 Å². The number of sulfonamides is 1. The first-order chi connectivity index (χ1) is 17.7. The zero-order valence-electron chi connectivity index (χ0n) is 19.7. The van der Waals surface area contributed by atoms with Crippen molar-refractivity contribution in [2.24, 2.45) is 4.99 Å². The number of carbonyl (C=O) groups excluding carboxylic acids is 3. The van der Waals surface area contributed by atoms with Gasteiger partial charge in [-0.2, -0.15) is 4.99 Å². The lowest BCUT2D eigenvalue weighted by molar-refractivity contribution is -0.141. The van der Waals surface area contributed by atoms with Crippen molar-refractivity contribution in [2.75, 3.05) is 18.9 Å². The summed E-state index contributed by atoms with van der Waals surface area (Å²) in [7, 11) is -1.25. The van der Waals surface area contributed by atoms with Gasteiger partial charge < -0.3 is 14.0 Å². The Labute approximate surface area is 215 Å². The molecule has 0 aliphatic heterocycles. The Hall–Kier alpha value is -4.29. The molecule has 10 nitrogen and oxygen atoms in total. The first-order valence-corrected chi connectivity index (χ1v) is 13.1. The van der Waals surface area contributed by atoms with Crippen LogP contribution >= 0.6 is 11.3 Å². The highest BCUT2D eigenvalue weighted by atomic mass is 32.2. The highest BCUT2D eigenvalue weighted by Gasteiger charge is 2.16. The summed E-state index contributed by atoms with van der Waals surface area (Å²) in [6.07, 6.45) is 0. The number of hydrogen-bond acceptors (Lipinski definition) is 8. The van der Waals surface area contributed by atoms with Crippen LogP contribution in [0.15, 0.2) is 82.7 Å². The minimum Gasteiger partial charge on any atom is -0.468 e. The van der Waals surface area contributed by atoms with Crippen LogP contribution in [0.4, 0.5) is 5.69 Å². The summed E-state index contributed by atoms with van der Waals surface area (Å²) < 4.78 is 39.2. The Morgan fingerprint density at radius 2 is 1.59 bits per heavy atom. The number of esters is 2. The van der Waals surface area contributed by atoms with Crippen LogP contribution < -0.4 is 9.52 Å². The second-order valence-electron chi connectivity index (χ2n) is 7.63. The van der Waals surface area contributed by atoms with Crippen molar-refractivity contribution in [3.05, 3.63) is 88.7 Å². The van der Waals surface area contributed by atoms with E-state index in [1.807, 2.05) is 0 Å². The van der Waals surface area contributed by atoms with Gasteiger partial charge in [-0.15, -0.1) is 0 Å². The summed E-state index contributed by atoms with van der Waals surface area (Å²) in [6, 6.07) is 18.5. The highest BCUT2D eigenvalue weighted by molar-refractivity contribution is 7.92. The number of thiazole rings is 1. The molecule has 0 saturated heterocycles. The van der Waals surface area contributed by atoms with Crippen LogP contribution in [0.5, 0.6) is 0 Å². The number of anilines is 1. The lowest BCUT2D eigenvalue weighted by atomic mass is 10.2. The Balaban J connectivity index is 1.66. The fourth-order valence-electron chi connectivity index (χ4n) is 3.40. The highest BCUT2D eigenvalue weighted by Crippen LogP contribution is 2.21. The van der Waals surface area contributed by atoms with E-state index in [2.05, 4.69) is 9.71 Å². The van der Waals surface area contributed by atoms with E-state index in [-0.39, 0.29) is 27.5 Å². The molecule has 1 N–H and O–H groups in total. The van der Waals surface area contributed by atoms with Crippen LogP contribution in [0, 0.1) is 0 Å². The number of benzene rings is 3. The van der Waals surface area contributed by atoms with Crippen LogP contribution in [0.2, 0.25) is 0 Å². The minimum absolute atomic E-state index is 0.112. The first-order valence-electron chi connectivity index (χ1n) is 10.8. The van der Waals surface area contributed by atoms with Gasteiger partial charge >= 0.3 is 11.9 Å². The number of ether oxygens (including phenoxy) is 2. The lowest BCUT2D eigenvalue weighted by Crippen LogP contribution is -2.22. The molecule has 12 heteroatoms. The molecule has 190 valence electrons. The molecule has 0 unspecified atom stereocenters. The van der Waals surface area contributed by atoms with E-state index in [0.29, 0.717) is 15.8 Å². The van der Waals surface area contributed by atoms with Gasteiger partial charge in [-0.25, -0.2) is 13.2 Å². The van der Waals surface area contributed by atoms with Crippen molar-refractivity contribution in [1.29, 1.82) is 0 Å². The molecule has 0 aliphatic rings. The predicted octanol–water partition coefficient (Wildman–Crippen LogP) is 3.20. The number of nitrogens with zero attached hydrogens (tertiary/aromatic N) is 2. The maximum Gasteiger partial charge on any atom is 0.337 e. The molecule has 0 bridgehead atoms. The number of aromatic nitrogens is 1. The topological polar surface area (TPSA) is 133 Å². The van der Waals surface area contributed by atoms with Crippen LogP contribution in [-0.4, -0.2) is 45.1 Å². The summed E-state index contributed by atoms with van der Waals surface area (Å²) in [5, 5.41) is 0. The third-order valence-electron chi connectivity index (χ3n) is 5.25. The van der Waals surface area contributed by atoms with Crippen LogP contribution in [0.1, 0.15) is 20.7 Å². The molecule has 0 aliphatic carbocycles. The molecule has 0 spiro atoms. The van der Waals surface area contributed by atoms with Crippen LogP contribution in [0.3, 0.4) is 0 Å². The van der Waals surface area contributed by atoms with E-state index >= 15 is 0 Å². The summed E-state index contributed by atoms with van der Waals surface area (Å²) in [6.45, 7) is -0.194. The Morgan fingerprint density at radius 1 is 0.919 bits per heavy atom. The van der Waals surface area contributed by atoms with Gasteiger partial charge in [0, 0.05) is 11.3 Å². The number of rotatable bonds is 7. The Morgan fingerprint density at radius 3 is 2.24 bits per heavy atom. The maximum absolute atomic E-state index is 12.9. The minimum atomic E-state index is -3.78. The smallest absolute Gasteiger partial charge is 0.337 e. The molecular weight excluding hydrogens is 518 g/mol. The molecule has 4 aromatic rings. The Bertz CT molecular complexity index is 1660. The number of hydrogen-bond donors (Lipinski definition) is 1. The second kappa shape index (κ2) is 10.8. The van der Waals surface area contributed by atoms with E-state index in [0.717, 1.165) is 11.3 Å². The normalized spacial score (nSPS) is 11.8. The number of methoxy groups -OCH3 is 2. The number of nitrogens with one attached hydrogen (secondary N) is 1. The average Bonchev–Trinajstić information content (AvgIpc) is 3.24. The fourth-order valence-corrected chi connectivity index (χ4v) is 5.54. The summed E-state index contributed by atoms with van der Waals surface area (Å²) in [5.41, 5.74) is 1.38. The Kier molecular flexibility index (Phi) is 7.50. The van der Waals surface area contributed by atoms with E-state index in [1.165, 1.54) is 55.2 Å². The second-order valence-corrected chi connectivity index (χ2v) is 10.3. The molecule has 0 atom stereocenters. The van der Waals surface area contributed by atoms with Crippen molar-refractivity contribution in [3.8, 4) is 0 Å². The zero-order chi connectivity index (χ0) is 26.6. The lowest BCUT2D eigenvalue weighted by Gasteiger charge is -2.08. The molecule has 0 radical (unpaired) electrons. The fraction of sp³-hybridized carbons (Fsp3) is 0.120. The predicted molar refractivity (Wildman–Crippen MR) is 137 cm³/mol. The maximum atomic E-state index is 12.9. The summed E-state index contributed by atoms with van der Waals surface area (Å²) in [5.74, 6) is -1.66. The van der Waals surface area contributed by atoms with Gasteiger partial charge in [-0.1, -0.05) is 29.5 Å². The molecule has 4 rings (SSSR count). The van der Waals surface area contributed by atoms with Gasteiger partial charge in [0.2, 0.25) is 0 Å². The quantitative estimate of drug-likeness (QED) is 0.357. The van der Waals surface area contributed by atoms with Crippen molar-refractivity contribution >= 4 is 55.1 Å². The largest absolute Gasteiger partial charge is 0.468 e. The first kappa shape index (κ1) is 25.8. The van der Waals surface area contributed by atoms with Gasteiger partial charge in [0.1, 0.15) is 6.54 Å². The zero-order valence-corrected chi connectivity index (χ0v) is 21.3. The van der Waals surface area contributed by atoms with Gasteiger partial charge in [0.25, 0.3) is 15.9 Å². The van der Waals surface area contributed by atoms with E-state index in [9.17, 15) is 22.8 Å². The molecule has 3 aromatic carbocycles. The van der Waals surface area contributed by atoms with Crippen LogP contribution in [-0.2, 0) is 30.8 Å². The van der Waals surface area contributed by atoms with E-state index < -0.39 is 27.9 Å². The number of carbonyl (C=O) groups is 3. The summed E-state index contributed by atoms with van der Waals surface area (Å²) >= 11 is 1.12. The molecule has 1 aromatic heterocycles. The molecule has 1 amide bonds. The molecule has 37 heavy (non-hydrogen) atoms. The SMILES string of the molecule is COC(=O)Cn1c(=NC(=O)c2ccc(NS(=O)(=O)c3ccccc3)cc2)sc2cc(C(=O)OC)ccc21. The average molecular weight is 540 g/mol. The number of amides is 1. The molecule has 0 fully saturated rings. The molecular formula is C25H21N3O7S2. The van der Waals surface area contributed by atoms with Crippen molar-refractivity contribution in [1.82, 2.24) is 4.57 Å². The van der Waals surface area contributed by atoms with E-state index in [4.69, 9.17) is 9.47 Å². The van der Waals surface area contributed by atoms with Crippen molar-refractivity contribution in [3.63, 3.8) is 0 Å². The monoisotopic (exact) mass is 539 g/mol. The molecule has 1 heterocycles. The third kappa shape index (κ3) is 5.76. The third-order valence-corrected chi connectivity index (χ3v) is 7.69. The van der Waals surface area contributed by atoms with E-state index in [1.54, 1.807) is 36.4 Å². The van der Waals surface area contributed by atoms with Gasteiger partial charge in [-0.05, 0) is 54.6 Å². The van der Waals surface area contributed by atoms with Gasteiger partial charge in [0.15, 0.2) is 4.80 Å².